The van der Waals surface area contributed by atoms with Crippen LogP contribution < -0.4 is 10.6 Å². The highest BCUT2D eigenvalue weighted by Crippen LogP contribution is 2.25. The van der Waals surface area contributed by atoms with Gasteiger partial charge in [0.2, 0.25) is 0 Å². The minimum absolute atomic E-state index is 0.0439. The number of benzene rings is 1. The van der Waals surface area contributed by atoms with Crippen LogP contribution in [0.5, 0.6) is 0 Å². The molecule has 2 amide bonds. The van der Waals surface area contributed by atoms with E-state index in [0.29, 0.717) is 6.08 Å². The second-order valence-electron chi connectivity index (χ2n) is 6.81. The van der Waals surface area contributed by atoms with E-state index in [9.17, 15) is 31.9 Å². The summed E-state index contributed by atoms with van der Waals surface area (Å²) in [6.45, 7) is 5.79. The van der Waals surface area contributed by atoms with Crippen molar-refractivity contribution in [3.05, 3.63) is 64.7 Å². The van der Waals surface area contributed by atoms with E-state index in [4.69, 9.17) is 5.26 Å². The van der Waals surface area contributed by atoms with Crippen LogP contribution in [0, 0.1) is 31.0 Å². The van der Waals surface area contributed by atoms with Crippen molar-refractivity contribution in [2.24, 2.45) is 7.05 Å². The lowest BCUT2D eigenvalue weighted by Crippen LogP contribution is -2.46. The quantitative estimate of drug-likeness (QED) is 0.305. The summed E-state index contributed by atoms with van der Waals surface area (Å²) >= 11 is 0. The molecule has 32 heavy (non-hydrogen) atoms. The molecule has 0 aliphatic rings. The Morgan fingerprint density at radius 3 is 2.41 bits per heavy atom. The molecule has 0 saturated carbocycles. The number of hydrogen-bond acceptors (Lipinski definition) is 4. The van der Waals surface area contributed by atoms with Crippen LogP contribution in [0.3, 0.4) is 0 Å². The third kappa shape index (κ3) is 4.69. The predicted octanol–water partition coefficient (Wildman–Crippen LogP) is 3.32. The molecule has 0 aliphatic carbocycles. The van der Waals surface area contributed by atoms with Crippen molar-refractivity contribution in [1.82, 2.24) is 9.88 Å². The van der Waals surface area contributed by atoms with Crippen LogP contribution in [0.4, 0.5) is 23.2 Å². The van der Waals surface area contributed by atoms with E-state index in [1.54, 1.807) is 11.4 Å². The van der Waals surface area contributed by atoms with E-state index in [1.165, 1.54) is 31.5 Å². The fourth-order valence-electron chi connectivity index (χ4n) is 3.11. The standard InChI is InChI=1S/C21H18F4N4O3/c1-5-15(21(23,24)25)28-20(32)18(30)16-10(2)17(29(4)11(16)3)19(31)27-13-6-7-14(22)12(8-13)9-26/h5-8,15H,1H2,2-4H3,(H,27,31)(H,28,32)/t15-/m0/s1. The van der Waals surface area contributed by atoms with E-state index < -0.39 is 35.6 Å². The largest absolute Gasteiger partial charge is 0.412 e. The normalized spacial score (nSPS) is 11.9. The monoisotopic (exact) mass is 450 g/mol. The van der Waals surface area contributed by atoms with Crippen molar-refractivity contribution in [3.8, 4) is 6.07 Å². The molecule has 0 aliphatic heterocycles. The maximum Gasteiger partial charge on any atom is 0.412 e. The summed E-state index contributed by atoms with van der Waals surface area (Å²) < 4.78 is 53.4. The number of carbonyl (C=O) groups excluding carboxylic acids is 3. The zero-order valence-corrected chi connectivity index (χ0v) is 17.2. The molecule has 0 spiro atoms. The van der Waals surface area contributed by atoms with Crippen LogP contribution in [-0.4, -0.2) is 34.4 Å². The van der Waals surface area contributed by atoms with Gasteiger partial charge in [-0.15, -0.1) is 6.58 Å². The van der Waals surface area contributed by atoms with Crippen LogP contribution >= 0.6 is 0 Å². The van der Waals surface area contributed by atoms with Gasteiger partial charge in [-0.3, -0.25) is 14.4 Å². The second kappa shape index (κ2) is 9.05. The van der Waals surface area contributed by atoms with Crippen molar-refractivity contribution in [2.45, 2.75) is 26.1 Å². The van der Waals surface area contributed by atoms with E-state index in [1.807, 2.05) is 0 Å². The molecular weight excluding hydrogens is 432 g/mol. The first-order valence-electron chi connectivity index (χ1n) is 9.04. The molecule has 1 atom stereocenters. The van der Waals surface area contributed by atoms with Gasteiger partial charge in [0.05, 0.1) is 11.1 Å². The molecular formula is C21H18F4N4O3. The Kier molecular flexibility index (Phi) is 6.88. The highest BCUT2D eigenvalue weighted by Gasteiger charge is 2.40. The van der Waals surface area contributed by atoms with Gasteiger partial charge in [0.25, 0.3) is 17.6 Å². The fourth-order valence-corrected chi connectivity index (χ4v) is 3.11. The van der Waals surface area contributed by atoms with Gasteiger partial charge >= 0.3 is 6.18 Å². The Balaban J connectivity index is 2.37. The Labute approximate surface area is 180 Å². The van der Waals surface area contributed by atoms with E-state index in [-0.39, 0.29) is 33.8 Å². The Morgan fingerprint density at radius 1 is 1.25 bits per heavy atom. The summed E-state index contributed by atoms with van der Waals surface area (Å²) in [4.78, 5) is 37.5. The van der Waals surface area contributed by atoms with Crippen LogP contribution in [0.2, 0.25) is 0 Å². The number of hydrogen-bond donors (Lipinski definition) is 2. The van der Waals surface area contributed by atoms with Crippen LogP contribution in [0.1, 0.15) is 37.7 Å². The van der Waals surface area contributed by atoms with Gasteiger partial charge < -0.3 is 15.2 Å². The molecule has 11 heteroatoms. The Morgan fingerprint density at radius 2 is 1.88 bits per heavy atom. The van der Waals surface area contributed by atoms with Gasteiger partial charge in [-0.1, -0.05) is 6.08 Å². The first kappa shape index (κ1) is 24.3. The fraction of sp³-hybridized carbons (Fsp3) is 0.238. The number of carbonyl (C=O) groups is 3. The zero-order chi connectivity index (χ0) is 24.4. The summed E-state index contributed by atoms with van der Waals surface area (Å²) in [5, 5.41) is 12.9. The van der Waals surface area contributed by atoms with Crippen LogP contribution in [0.25, 0.3) is 0 Å². The van der Waals surface area contributed by atoms with Crippen molar-refractivity contribution < 1.29 is 31.9 Å². The molecule has 168 valence electrons. The number of rotatable bonds is 6. The number of alkyl halides is 3. The number of anilines is 1. The van der Waals surface area contributed by atoms with Gasteiger partial charge in [-0.2, -0.15) is 18.4 Å². The van der Waals surface area contributed by atoms with E-state index in [0.717, 1.165) is 12.1 Å². The van der Waals surface area contributed by atoms with Crippen molar-refractivity contribution in [2.75, 3.05) is 5.32 Å². The molecule has 1 heterocycles. The predicted molar refractivity (Wildman–Crippen MR) is 106 cm³/mol. The lowest BCUT2D eigenvalue weighted by Gasteiger charge is -2.17. The van der Waals surface area contributed by atoms with Crippen molar-refractivity contribution in [1.29, 1.82) is 5.26 Å². The number of halogens is 4. The maximum atomic E-state index is 13.5. The smallest absolute Gasteiger partial charge is 0.343 e. The number of nitrogens with one attached hydrogen (secondary N) is 2. The van der Waals surface area contributed by atoms with Gasteiger partial charge in [-0.25, -0.2) is 4.39 Å². The lowest BCUT2D eigenvalue weighted by molar-refractivity contribution is -0.150. The molecule has 2 N–H and O–H groups in total. The van der Waals surface area contributed by atoms with Crippen LogP contribution in [-0.2, 0) is 11.8 Å². The molecule has 0 radical (unpaired) electrons. The summed E-state index contributed by atoms with van der Waals surface area (Å²) in [6.07, 6.45) is -4.38. The number of ketones is 1. The van der Waals surface area contributed by atoms with E-state index in [2.05, 4.69) is 11.9 Å². The minimum atomic E-state index is -4.83. The molecule has 0 bridgehead atoms. The van der Waals surface area contributed by atoms with Gasteiger partial charge in [-0.05, 0) is 37.6 Å². The van der Waals surface area contributed by atoms with Crippen molar-refractivity contribution >= 4 is 23.3 Å². The first-order chi connectivity index (χ1) is 14.8. The molecule has 0 saturated heterocycles. The molecule has 2 aromatic rings. The Hall–Kier alpha value is -3.94. The highest BCUT2D eigenvalue weighted by molar-refractivity contribution is 6.43. The molecule has 7 nitrogen and oxygen atoms in total. The number of amides is 2. The van der Waals surface area contributed by atoms with Gasteiger partial charge in [0.15, 0.2) is 0 Å². The minimum Gasteiger partial charge on any atom is -0.343 e. The third-order valence-electron chi connectivity index (χ3n) is 4.80. The average molecular weight is 450 g/mol. The third-order valence-corrected chi connectivity index (χ3v) is 4.80. The molecule has 2 rings (SSSR count). The molecule has 0 unspecified atom stereocenters. The highest BCUT2D eigenvalue weighted by atomic mass is 19.4. The molecule has 1 aromatic carbocycles. The van der Waals surface area contributed by atoms with Gasteiger partial charge in [0, 0.05) is 18.4 Å². The number of nitrogens with zero attached hydrogens (tertiary/aromatic N) is 2. The maximum absolute atomic E-state index is 13.5. The van der Waals surface area contributed by atoms with Crippen LogP contribution in [0.15, 0.2) is 30.9 Å². The number of aromatic nitrogens is 1. The van der Waals surface area contributed by atoms with E-state index >= 15 is 0 Å². The number of nitriles is 1. The first-order valence-corrected chi connectivity index (χ1v) is 9.04. The summed E-state index contributed by atoms with van der Waals surface area (Å²) in [5.74, 6) is -4.26. The number of Topliss-reactive ketones (excluding diaryl/α,β-unsaturated/α-hetero) is 1. The topological polar surface area (TPSA) is 104 Å². The summed E-state index contributed by atoms with van der Waals surface area (Å²) in [7, 11) is 1.43. The molecule has 1 aromatic heterocycles. The summed E-state index contributed by atoms with van der Waals surface area (Å²) in [5.41, 5.74) is -0.221. The Bertz CT molecular complexity index is 1160. The second-order valence-corrected chi connectivity index (χ2v) is 6.81. The van der Waals surface area contributed by atoms with Crippen molar-refractivity contribution in [3.63, 3.8) is 0 Å². The zero-order valence-electron chi connectivity index (χ0n) is 17.2. The SMILES string of the molecule is C=C[C@H](NC(=O)C(=O)c1c(C)c(C(=O)Nc2ccc(F)c(C#N)c2)n(C)c1C)C(F)(F)F. The molecule has 0 fully saturated rings. The van der Waals surface area contributed by atoms with Gasteiger partial charge in [0.1, 0.15) is 23.6 Å². The summed E-state index contributed by atoms with van der Waals surface area (Å²) in [6, 6.07) is 2.55. The lowest BCUT2D eigenvalue weighted by atomic mass is 10.0. The average Bonchev–Trinajstić information content (AvgIpc) is 2.94.